The Labute approximate surface area is 147 Å². The maximum Gasteiger partial charge on any atom is 0.253 e. The van der Waals surface area contributed by atoms with Crippen molar-refractivity contribution >= 4 is 35.1 Å². The van der Waals surface area contributed by atoms with Crippen molar-refractivity contribution in [2.75, 3.05) is 12.4 Å². The number of carbonyl (C=O) groups is 1. The highest BCUT2D eigenvalue weighted by Crippen LogP contribution is 2.23. The Kier molecular flexibility index (Phi) is 6.30. The van der Waals surface area contributed by atoms with Crippen LogP contribution in [0.2, 0.25) is 0 Å². The summed E-state index contributed by atoms with van der Waals surface area (Å²) in [6.45, 7) is -0.971. The third-order valence-electron chi connectivity index (χ3n) is 3.33. The molecule has 1 aromatic heterocycles. The maximum atomic E-state index is 13.1. The van der Waals surface area contributed by atoms with Gasteiger partial charge >= 0.3 is 0 Å². The van der Waals surface area contributed by atoms with Crippen LogP contribution in [0.3, 0.4) is 0 Å². The van der Waals surface area contributed by atoms with Crippen molar-refractivity contribution < 1.29 is 14.3 Å². The van der Waals surface area contributed by atoms with E-state index >= 15 is 0 Å². The van der Waals surface area contributed by atoms with E-state index in [0.29, 0.717) is 5.56 Å². The maximum absolute atomic E-state index is 13.1. The first kappa shape index (κ1) is 18.4. The normalized spacial score (nSPS) is 13.5. The zero-order valence-corrected chi connectivity index (χ0v) is 13.9. The van der Waals surface area contributed by atoms with Gasteiger partial charge in [-0.15, -0.1) is 0 Å². The van der Waals surface area contributed by atoms with Crippen molar-refractivity contribution in [3.05, 3.63) is 42.2 Å². The zero-order chi connectivity index (χ0) is 17.7. The Morgan fingerprint density at radius 2 is 1.79 bits per heavy atom. The van der Waals surface area contributed by atoms with Crippen LogP contribution in [-0.2, 0) is 4.79 Å². The van der Waals surface area contributed by atoms with Gasteiger partial charge in [-0.3, -0.25) is 4.79 Å². The SMILES string of the molecule is Nc1ncc(-c2ccc(C(O)C(CF)NC(=O)C(Cl)Cl)cc2)cn1. The molecule has 0 aliphatic rings. The van der Waals surface area contributed by atoms with Crippen molar-refractivity contribution in [3.63, 3.8) is 0 Å². The van der Waals surface area contributed by atoms with Crippen molar-refractivity contribution in [1.82, 2.24) is 15.3 Å². The van der Waals surface area contributed by atoms with Gasteiger partial charge in [-0.05, 0) is 11.1 Å². The van der Waals surface area contributed by atoms with Crippen molar-refractivity contribution in [1.29, 1.82) is 0 Å². The lowest BCUT2D eigenvalue weighted by Gasteiger charge is -2.22. The van der Waals surface area contributed by atoms with E-state index in [1.807, 2.05) is 0 Å². The molecule has 24 heavy (non-hydrogen) atoms. The minimum absolute atomic E-state index is 0.171. The number of anilines is 1. The van der Waals surface area contributed by atoms with Crippen LogP contribution in [0, 0.1) is 0 Å². The van der Waals surface area contributed by atoms with Gasteiger partial charge < -0.3 is 16.2 Å². The summed E-state index contributed by atoms with van der Waals surface area (Å²) in [6.07, 6.45) is 1.89. The lowest BCUT2D eigenvalue weighted by atomic mass is 10.00. The van der Waals surface area contributed by atoms with E-state index in [1.54, 1.807) is 36.7 Å². The summed E-state index contributed by atoms with van der Waals surface area (Å²) in [5.41, 5.74) is 7.41. The molecule has 9 heteroatoms. The number of nitrogens with zero attached hydrogens (tertiary/aromatic N) is 2. The number of hydrogen-bond acceptors (Lipinski definition) is 5. The molecule has 2 unspecified atom stereocenters. The Bertz CT molecular complexity index is 683. The minimum atomic E-state index is -1.33. The number of nitrogen functional groups attached to an aromatic ring is 1. The number of aliphatic hydroxyl groups excluding tert-OH is 1. The molecule has 4 N–H and O–H groups in total. The number of aromatic nitrogens is 2. The summed E-state index contributed by atoms with van der Waals surface area (Å²) >= 11 is 10.8. The Hall–Kier alpha value is -1.96. The van der Waals surface area contributed by atoms with E-state index in [0.717, 1.165) is 11.1 Å². The fourth-order valence-electron chi connectivity index (χ4n) is 2.04. The number of hydrogen-bond donors (Lipinski definition) is 3. The van der Waals surface area contributed by atoms with Crippen molar-refractivity contribution in [2.45, 2.75) is 17.0 Å². The van der Waals surface area contributed by atoms with Crippen LogP contribution in [0.4, 0.5) is 10.3 Å². The molecule has 0 spiro atoms. The number of benzene rings is 1. The highest BCUT2D eigenvalue weighted by atomic mass is 35.5. The quantitative estimate of drug-likeness (QED) is 0.673. The molecule has 1 amide bonds. The molecular weight excluding hydrogens is 358 g/mol. The molecule has 2 aromatic rings. The molecule has 0 fully saturated rings. The summed E-state index contributed by atoms with van der Waals surface area (Å²) in [5.74, 6) is -0.597. The van der Waals surface area contributed by atoms with Gasteiger partial charge in [0, 0.05) is 18.0 Å². The van der Waals surface area contributed by atoms with Gasteiger partial charge in [-0.1, -0.05) is 47.5 Å². The third-order valence-corrected chi connectivity index (χ3v) is 3.73. The summed E-state index contributed by atoms with van der Waals surface area (Å²) in [5, 5.41) is 12.5. The summed E-state index contributed by atoms with van der Waals surface area (Å²) in [6, 6.07) is 5.52. The van der Waals surface area contributed by atoms with E-state index < -0.39 is 29.6 Å². The predicted octanol–water partition coefficient (Wildman–Crippen LogP) is 2.02. The largest absolute Gasteiger partial charge is 0.386 e. The molecule has 128 valence electrons. The van der Waals surface area contributed by atoms with Gasteiger partial charge in [0.15, 0.2) is 4.84 Å². The third kappa shape index (κ3) is 4.53. The molecule has 0 aliphatic heterocycles. The monoisotopic (exact) mass is 372 g/mol. The van der Waals surface area contributed by atoms with Crippen LogP contribution in [0.25, 0.3) is 11.1 Å². The molecule has 6 nitrogen and oxygen atoms in total. The topological polar surface area (TPSA) is 101 Å². The molecule has 0 radical (unpaired) electrons. The number of aliphatic hydroxyl groups is 1. The van der Waals surface area contributed by atoms with Crippen LogP contribution in [0.1, 0.15) is 11.7 Å². The molecule has 2 rings (SSSR count). The summed E-state index contributed by atoms with van der Waals surface area (Å²) in [4.78, 5) is 17.9. The lowest BCUT2D eigenvalue weighted by molar-refractivity contribution is -0.121. The van der Waals surface area contributed by atoms with Gasteiger partial charge in [0.1, 0.15) is 12.8 Å². The Balaban J connectivity index is 2.13. The molecule has 2 atom stereocenters. The molecule has 1 aromatic carbocycles. The van der Waals surface area contributed by atoms with Crippen molar-refractivity contribution in [2.24, 2.45) is 0 Å². The average Bonchev–Trinajstić information content (AvgIpc) is 2.59. The van der Waals surface area contributed by atoms with E-state index in [-0.39, 0.29) is 5.95 Å². The van der Waals surface area contributed by atoms with Gasteiger partial charge in [0.25, 0.3) is 5.91 Å². The molecule has 0 saturated carbocycles. The average molecular weight is 373 g/mol. The molecule has 0 aliphatic carbocycles. The zero-order valence-electron chi connectivity index (χ0n) is 12.4. The number of amides is 1. The number of nitrogens with one attached hydrogen (secondary N) is 1. The smallest absolute Gasteiger partial charge is 0.253 e. The second-order valence-corrected chi connectivity index (χ2v) is 6.06. The first-order valence-electron chi connectivity index (χ1n) is 6.92. The van der Waals surface area contributed by atoms with Crippen LogP contribution in [0.5, 0.6) is 0 Å². The predicted molar refractivity (Wildman–Crippen MR) is 90.2 cm³/mol. The Morgan fingerprint density at radius 3 is 2.29 bits per heavy atom. The lowest BCUT2D eigenvalue weighted by Crippen LogP contribution is -2.43. The van der Waals surface area contributed by atoms with Crippen LogP contribution < -0.4 is 11.1 Å². The number of rotatable bonds is 6. The summed E-state index contributed by atoms with van der Waals surface area (Å²) < 4.78 is 13.1. The van der Waals surface area contributed by atoms with E-state index in [4.69, 9.17) is 28.9 Å². The van der Waals surface area contributed by atoms with Gasteiger partial charge in [-0.25, -0.2) is 14.4 Å². The number of nitrogens with two attached hydrogens (primary N) is 1. The fraction of sp³-hybridized carbons (Fsp3) is 0.267. The standard InChI is InChI=1S/C15H15Cl2FN4O2/c16-13(17)14(24)22-11(5-18)12(23)9-3-1-8(2-4-9)10-6-20-15(19)21-7-10/h1-4,6-7,11-13,23H,5H2,(H,22,24)(H2,19,20,21). The van der Waals surface area contributed by atoms with Crippen LogP contribution in [-0.4, -0.2) is 38.5 Å². The number of alkyl halides is 3. The fourth-order valence-corrected chi connectivity index (χ4v) is 2.17. The van der Waals surface area contributed by atoms with Crippen LogP contribution >= 0.6 is 23.2 Å². The van der Waals surface area contributed by atoms with Gasteiger partial charge in [-0.2, -0.15) is 0 Å². The second-order valence-electron chi connectivity index (χ2n) is 4.97. The first-order chi connectivity index (χ1) is 11.4. The summed E-state index contributed by atoms with van der Waals surface area (Å²) in [7, 11) is 0. The highest BCUT2D eigenvalue weighted by molar-refractivity contribution is 6.53. The van der Waals surface area contributed by atoms with Crippen LogP contribution in [0.15, 0.2) is 36.7 Å². The minimum Gasteiger partial charge on any atom is -0.386 e. The molecule has 1 heterocycles. The van der Waals surface area contributed by atoms with Gasteiger partial charge in [0.05, 0.1) is 6.04 Å². The molecule has 0 bridgehead atoms. The molecular formula is C15H15Cl2FN4O2. The highest BCUT2D eigenvalue weighted by Gasteiger charge is 2.25. The van der Waals surface area contributed by atoms with E-state index in [1.165, 1.54) is 0 Å². The number of halogens is 3. The Morgan fingerprint density at radius 1 is 1.21 bits per heavy atom. The number of carbonyl (C=O) groups excluding carboxylic acids is 1. The molecule has 0 saturated heterocycles. The van der Waals surface area contributed by atoms with Crippen molar-refractivity contribution in [3.8, 4) is 11.1 Å². The van der Waals surface area contributed by atoms with E-state index in [2.05, 4.69) is 15.3 Å². The van der Waals surface area contributed by atoms with E-state index in [9.17, 15) is 14.3 Å². The second kappa shape index (κ2) is 8.23. The van der Waals surface area contributed by atoms with Gasteiger partial charge in [0.2, 0.25) is 5.95 Å². The first-order valence-corrected chi connectivity index (χ1v) is 7.80.